The number of rotatable bonds is 11. The average molecular weight is 351 g/mol. The van der Waals surface area contributed by atoms with Crippen LogP contribution in [0.4, 0.5) is 0 Å². The van der Waals surface area contributed by atoms with Gasteiger partial charge in [0.05, 0.1) is 0 Å². The fourth-order valence-electron chi connectivity index (χ4n) is 3.06. The van der Waals surface area contributed by atoms with Crippen molar-refractivity contribution >= 4 is 0 Å². The van der Waals surface area contributed by atoms with E-state index in [9.17, 15) is 0 Å². The van der Waals surface area contributed by atoms with E-state index in [1.165, 1.54) is 49.8 Å². The van der Waals surface area contributed by atoms with Gasteiger partial charge in [-0.15, -0.1) is 0 Å². The maximum Gasteiger partial charge on any atom is 0.178 e. The van der Waals surface area contributed by atoms with Crippen LogP contribution in [-0.2, 0) is 13.1 Å². The van der Waals surface area contributed by atoms with Gasteiger partial charge in [0.2, 0.25) is 0 Å². The van der Waals surface area contributed by atoms with E-state index in [1.807, 2.05) is 0 Å². The Labute approximate surface area is 159 Å². The van der Waals surface area contributed by atoms with E-state index in [2.05, 4.69) is 96.2 Å². The van der Waals surface area contributed by atoms with Crippen LogP contribution in [0.5, 0.6) is 0 Å². The number of allylic oxidation sites excluding steroid dienone is 4. The minimum Gasteiger partial charge on any atom is -0.205 e. The summed E-state index contributed by atoms with van der Waals surface area (Å²) in [5, 5.41) is 0. The van der Waals surface area contributed by atoms with Crippen molar-refractivity contribution in [2.45, 2.75) is 65.5 Å². The van der Waals surface area contributed by atoms with Crippen LogP contribution in [0.1, 0.15) is 49.8 Å². The third-order valence-corrected chi connectivity index (χ3v) is 4.61. The standard InChI is InChI=1S/C24H34N2/c1-23-16-15-19-25(22-23)18-12-9-7-5-3-4-6-8-10-13-20-26-21-14-11-17-24(26)2/h3-6,11,14-17,19,21-22H,7-10,12-13,18,20H2,1-2H3/q+2/b5-3-,6-4-. The maximum atomic E-state index is 2.33. The number of pyridine rings is 2. The number of hydrogen-bond acceptors (Lipinski definition) is 0. The average Bonchev–Trinajstić information content (AvgIpc) is 2.64. The molecule has 2 heterocycles. The van der Waals surface area contributed by atoms with Gasteiger partial charge in [0.1, 0.15) is 13.1 Å². The molecule has 0 aliphatic heterocycles. The highest BCUT2D eigenvalue weighted by atomic mass is 14.9. The van der Waals surface area contributed by atoms with Gasteiger partial charge in [-0.1, -0.05) is 30.4 Å². The molecular weight excluding hydrogens is 316 g/mol. The Hall–Kier alpha value is -2.22. The molecule has 2 nitrogen and oxygen atoms in total. The summed E-state index contributed by atoms with van der Waals surface area (Å²) in [5.41, 5.74) is 2.67. The van der Waals surface area contributed by atoms with Crippen molar-refractivity contribution in [2.24, 2.45) is 0 Å². The fourth-order valence-corrected chi connectivity index (χ4v) is 3.06. The predicted molar refractivity (Wildman–Crippen MR) is 109 cm³/mol. The predicted octanol–water partition coefficient (Wildman–Crippen LogP) is 5.03. The fraction of sp³-hybridized carbons (Fsp3) is 0.417. The molecule has 0 spiro atoms. The molecule has 0 aliphatic rings. The van der Waals surface area contributed by atoms with Crippen LogP contribution in [-0.4, -0.2) is 0 Å². The molecule has 2 rings (SSSR count). The van der Waals surface area contributed by atoms with Crippen LogP contribution in [0.15, 0.2) is 73.2 Å². The molecule has 0 aromatic carbocycles. The number of aromatic nitrogens is 2. The van der Waals surface area contributed by atoms with Gasteiger partial charge < -0.3 is 0 Å². The molecule has 0 unspecified atom stereocenters. The topological polar surface area (TPSA) is 7.76 Å². The summed E-state index contributed by atoms with van der Waals surface area (Å²) in [7, 11) is 0. The molecule has 0 aliphatic carbocycles. The van der Waals surface area contributed by atoms with E-state index in [0.717, 1.165) is 13.1 Å². The molecule has 0 atom stereocenters. The van der Waals surface area contributed by atoms with Gasteiger partial charge in [-0.3, -0.25) is 0 Å². The molecule has 138 valence electrons. The molecule has 0 saturated carbocycles. The lowest BCUT2D eigenvalue weighted by molar-refractivity contribution is -0.703. The van der Waals surface area contributed by atoms with Crippen LogP contribution in [0.2, 0.25) is 0 Å². The molecule has 0 bridgehead atoms. The number of hydrogen-bond donors (Lipinski definition) is 0. The zero-order valence-corrected chi connectivity index (χ0v) is 16.5. The van der Waals surface area contributed by atoms with E-state index in [4.69, 9.17) is 0 Å². The van der Waals surface area contributed by atoms with Gasteiger partial charge in [0, 0.05) is 43.5 Å². The molecule has 0 saturated heterocycles. The molecule has 2 heteroatoms. The van der Waals surface area contributed by atoms with Crippen LogP contribution in [0.25, 0.3) is 0 Å². The smallest absolute Gasteiger partial charge is 0.178 e. The van der Waals surface area contributed by atoms with E-state index < -0.39 is 0 Å². The lowest BCUT2D eigenvalue weighted by Gasteiger charge is -1.98. The van der Waals surface area contributed by atoms with E-state index in [0.29, 0.717) is 0 Å². The minimum absolute atomic E-state index is 1.12. The summed E-state index contributed by atoms with van der Waals surface area (Å²) in [6, 6.07) is 10.6. The first-order chi connectivity index (χ1) is 12.8. The van der Waals surface area contributed by atoms with E-state index in [-0.39, 0.29) is 0 Å². The van der Waals surface area contributed by atoms with Gasteiger partial charge in [-0.05, 0) is 38.7 Å². The second-order valence-electron chi connectivity index (χ2n) is 7.00. The molecule has 26 heavy (non-hydrogen) atoms. The SMILES string of the molecule is Cc1ccc[n+](CCCC/C=C\C=C/CCCC[n+]2ccccc2C)c1. The van der Waals surface area contributed by atoms with Crippen molar-refractivity contribution in [2.75, 3.05) is 0 Å². The largest absolute Gasteiger partial charge is 0.205 e. The molecule has 0 amide bonds. The lowest BCUT2D eigenvalue weighted by Crippen LogP contribution is -2.36. The molecular formula is C24H34N2+2. The van der Waals surface area contributed by atoms with Gasteiger partial charge in [-0.25, -0.2) is 9.13 Å². The van der Waals surface area contributed by atoms with Crippen LogP contribution in [0, 0.1) is 13.8 Å². The van der Waals surface area contributed by atoms with Gasteiger partial charge >= 0.3 is 0 Å². The number of nitrogens with zero attached hydrogens (tertiary/aromatic N) is 2. The van der Waals surface area contributed by atoms with Crippen molar-refractivity contribution in [1.29, 1.82) is 0 Å². The van der Waals surface area contributed by atoms with Crippen molar-refractivity contribution in [3.8, 4) is 0 Å². The maximum absolute atomic E-state index is 2.33. The first kappa shape index (κ1) is 20.1. The van der Waals surface area contributed by atoms with Crippen LogP contribution < -0.4 is 9.13 Å². The zero-order valence-electron chi connectivity index (χ0n) is 16.5. The highest BCUT2D eigenvalue weighted by molar-refractivity contribution is 5.02. The summed E-state index contributed by atoms with van der Waals surface area (Å²) < 4.78 is 4.62. The molecule has 0 radical (unpaired) electrons. The number of unbranched alkanes of at least 4 members (excludes halogenated alkanes) is 4. The third-order valence-electron chi connectivity index (χ3n) is 4.61. The van der Waals surface area contributed by atoms with Crippen LogP contribution >= 0.6 is 0 Å². The summed E-state index contributed by atoms with van der Waals surface area (Å²) in [5.74, 6) is 0. The first-order valence-electron chi connectivity index (χ1n) is 9.98. The quantitative estimate of drug-likeness (QED) is 0.305. The zero-order chi connectivity index (χ0) is 18.5. The first-order valence-corrected chi connectivity index (χ1v) is 9.98. The Morgan fingerprint density at radius 2 is 1.50 bits per heavy atom. The molecule has 2 aromatic heterocycles. The van der Waals surface area contributed by atoms with Gasteiger partial charge in [-0.2, -0.15) is 0 Å². The second kappa shape index (κ2) is 12.2. The molecule has 0 fully saturated rings. The Morgan fingerprint density at radius 3 is 2.19 bits per heavy atom. The van der Waals surface area contributed by atoms with E-state index >= 15 is 0 Å². The number of aryl methyl sites for hydroxylation is 4. The highest BCUT2D eigenvalue weighted by Gasteiger charge is 2.02. The van der Waals surface area contributed by atoms with Gasteiger partial charge in [0.25, 0.3) is 0 Å². The van der Waals surface area contributed by atoms with Gasteiger partial charge in [0.15, 0.2) is 24.3 Å². The monoisotopic (exact) mass is 350 g/mol. The normalized spacial score (nSPS) is 11.6. The van der Waals surface area contributed by atoms with Crippen LogP contribution in [0.3, 0.4) is 0 Å². The Kier molecular flexibility index (Phi) is 9.42. The summed E-state index contributed by atoms with van der Waals surface area (Å²) in [6.07, 6.45) is 22.8. The second-order valence-corrected chi connectivity index (χ2v) is 7.00. The van der Waals surface area contributed by atoms with E-state index in [1.54, 1.807) is 0 Å². The van der Waals surface area contributed by atoms with Crippen molar-refractivity contribution in [1.82, 2.24) is 0 Å². The Bertz CT molecular complexity index is 701. The van der Waals surface area contributed by atoms with Crippen molar-refractivity contribution < 1.29 is 9.13 Å². The Morgan fingerprint density at radius 1 is 0.769 bits per heavy atom. The van der Waals surface area contributed by atoms with Crippen molar-refractivity contribution in [3.63, 3.8) is 0 Å². The summed E-state index contributed by atoms with van der Waals surface area (Å²) in [4.78, 5) is 0. The third kappa shape index (κ3) is 8.24. The molecule has 2 aromatic rings. The Balaban J connectivity index is 1.47. The summed E-state index contributed by atoms with van der Waals surface area (Å²) >= 11 is 0. The van der Waals surface area contributed by atoms with Crippen molar-refractivity contribution in [3.05, 3.63) is 84.5 Å². The highest BCUT2D eigenvalue weighted by Crippen LogP contribution is 2.00. The summed E-state index contributed by atoms with van der Waals surface area (Å²) in [6.45, 7) is 6.55. The minimum atomic E-state index is 1.12. The lowest BCUT2D eigenvalue weighted by atomic mass is 10.2. The molecule has 0 N–H and O–H groups in total.